The van der Waals surface area contributed by atoms with Crippen molar-refractivity contribution in [3.05, 3.63) is 40.2 Å². The van der Waals surface area contributed by atoms with Crippen molar-refractivity contribution in [2.75, 3.05) is 27.2 Å². The number of oxazole rings is 1. The molecule has 0 bridgehead atoms. The summed E-state index contributed by atoms with van der Waals surface area (Å²) < 4.78 is 5.86. The van der Waals surface area contributed by atoms with Crippen LogP contribution in [0.25, 0.3) is 0 Å². The molecule has 1 saturated heterocycles. The van der Waals surface area contributed by atoms with E-state index < -0.39 is 0 Å². The van der Waals surface area contributed by atoms with Gasteiger partial charge in [0.2, 0.25) is 5.89 Å². The van der Waals surface area contributed by atoms with Gasteiger partial charge in [0.15, 0.2) is 5.96 Å². The monoisotopic (exact) mass is 403 g/mol. The Balaban J connectivity index is 1.55. The lowest BCUT2D eigenvalue weighted by Crippen LogP contribution is -2.44. The normalized spacial score (nSPS) is 21.7. The van der Waals surface area contributed by atoms with Gasteiger partial charge >= 0.3 is 0 Å². The van der Waals surface area contributed by atoms with Crippen LogP contribution in [0.5, 0.6) is 0 Å². The zero-order valence-electron chi connectivity index (χ0n) is 17.7. The Morgan fingerprint density at radius 3 is 2.86 bits per heavy atom. The minimum atomic E-state index is -0.0327. The second-order valence-corrected chi connectivity index (χ2v) is 9.50. The van der Waals surface area contributed by atoms with Crippen molar-refractivity contribution in [3.63, 3.8) is 0 Å². The quantitative estimate of drug-likeness (QED) is 0.587. The molecule has 0 radical (unpaired) electrons. The molecule has 2 unspecified atom stereocenters. The number of likely N-dealkylation sites (tertiary alicyclic amines) is 1. The summed E-state index contributed by atoms with van der Waals surface area (Å²) in [4.78, 5) is 12.7. The standard InChI is InChI=1S/C21H33N5OS/c1-21(2,3)17-13-23-18(27-17)14-25-20(22-4)24-12-15-8-6-10-26(5)19(15)16-9-7-11-28-16/h7,9,11,13,15,19H,6,8,10,12,14H2,1-5H3,(H2,22,24,25). The highest BCUT2D eigenvalue weighted by Gasteiger charge is 2.31. The number of rotatable bonds is 5. The van der Waals surface area contributed by atoms with Gasteiger partial charge in [-0.2, -0.15) is 0 Å². The fourth-order valence-corrected chi connectivity index (χ4v) is 4.71. The molecule has 28 heavy (non-hydrogen) atoms. The molecule has 6 nitrogen and oxygen atoms in total. The lowest BCUT2D eigenvalue weighted by Gasteiger charge is -2.39. The summed E-state index contributed by atoms with van der Waals surface area (Å²) in [5, 5.41) is 9.00. The summed E-state index contributed by atoms with van der Waals surface area (Å²) >= 11 is 1.85. The minimum Gasteiger partial charge on any atom is -0.443 e. The molecule has 1 aliphatic heterocycles. The summed E-state index contributed by atoms with van der Waals surface area (Å²) in [6.45, 7) is 8.94. The molecule has 3 heterocycles. The number of nitrogens with zero attached hydrogens (tertiary/aromatic N) is 3. The molecule has 1 aliphatic rings. The van der Waals surface area contributed by atoms with Crippen LogP contribution >= 0.6 is 11.3 Å². The van der Waals surface area contributed by atoms with Crippen molar-refractivity contribution < 1.29 is 4.42 Å². The number of hydrogen-bond acceptors (Lipinski definition) is 5. The van der Waals surface area contributed by atoms with Crippen LogP contribution in [0.3, 0.4) is 0 Å². The van der Waals surface area contributed by atoms with Crippen LogP contribution in [-0.4, -0.2) is 43.0 Å². The maximum atomic E-state index is 5.86. The van der Waals surface area contributed by atoms with E-state index in [1.807, 2.05) is 17.5 Å². The molecule has 2 aromatic heterocycles. The largest absolute Gasteiger partial charge is 0.443 e. The first-order valence-corrected chi connectivity index (χ1v) is 10.9. The van der Waals surface area contributed by atoms with E-state index in [9.17, 15) is 0 Å². The highest BCUT2D eigenvalue weighted by molar-refractivity contribution is 7.10. The lowest BCUT2D eigenvalue weighted by atomic mass is 9.88. The highest BCUT2D eigenvalue weighted by Crippen LogP contribution is 2.36. The van der Waals surface area contributed by atoms with Crippen molar-refractivity contribution in [2.45, 2.75) is 51.6 Å². The smallest absolute Gasteiger partial charge is 0.213 e. The van der Waals surface area contributed by atoms with Gasteiger partial charge in [-0.05, 0) is 43.8 Å². The third-order valence-corrected chi connectivity index (χ3v) is 6.24. The molecular formula is C21H33N5OS. The first-order valence-electron chi connectivity index (χ1n) is 10.0. The molecule has 2 aromatic rings. The van der Waals surface area contributed by atoms with Crippen molar-refractivity contribution in [2.24, 2.45) is 10.9 Å². The number of aromatic nitrogens is 1. The summed E-state index contributed by atoms with van der Waals surface area (Å²) in [5.74, 6) is 2.93. The number of nitrogens with one attached hydrogen (secondary N) is 2. The third kappa shape index (κ3) is 5.14. The van der Waals surface area contributed by atoms with Gasteiger partial charge in [-0.1, -0.05) is 26.8 Å². The van der Waals surface area contributed by atoms with E-state index in [0.717, 1.165) is 24.8 Å². The van der Waals surface area contributed by atoms with Crippen LogP contribution in [0.2, 0.25) is 0 Å². The average Bonchev–Trinajstić information content (AvgIpc) is 3.33. The number of hydrogen-bond donors (Lipinski definition) is 2. The van der Waals surface area contributed by atoms with E-state index in [1.165, 1.54) is 17.7 Å². The molecule has 7 heteroatoms. The maximum Gasteiger partial charge on any atom is 0.213 e. The average molecular weight is 404 g/mol. The van der Waals surface area contributed by atoms with Crippen LogP contribution in [0, 0.1) is 5.92 Å². The maximum absolute atomic E-state index is 5.86. The molecule has 0 saturated carbocycles. The van der Waals surface area contributed by atoms with Crippen LogP contribution in [-0.2, 0) is 12.0 Å². The molecule has 2 N–H and O–H groups in total. The van der Waals surface area contributed by atoms with Gasteiger partial charge in [0, 0.05) is 29.9 Å². The molecule has 1 fully saturated rings. The van der Waals surface area contributed by atoms with Crippen LogP contribution in [0.4, 0.5) is 0 Å². The molecule has 0 spiro atoms. The Morgan fingerprint density at radius 2 is 2.21 bits per heavy atom. The van der Waals surface area contributed by atoms with Gasteiger partial charge in [-0.15, -0.1) is 11.3 Å². The first-order chi connectivity index (χ1) is 13.4. The second kappa shape index (κ2) is 9.09. The van der Waals surface area contributed by atoms with Crippen LogP contribution < -0.4 is 10.6 Å². The van der Waals surface area contributed by atoms with Crippen LogP contribution in [0.15, 0.2) is 33.1 Å². The van der Waals surface area contributed by atoms with E-state index in [2.05, 4.69) is 70.8 Å². The summed E-state index contributed by atoms with van der Waals surface area (Å²) in [5.41, 5.74) is -0.0327. The Kier molecular flexibility index (Phi) is 6.78. The van der Waals surface area contributed by atoms with E-state index >= 15 is 0 Å². The Hall–Kier alpha value is -1.86. The van der Waals surface area contributed by atoms with E-state index in [0.29, 0.717) is 24.4 Å². The second-order valence-electron chi connectivity index (χ2n) is 8.52. The van der Waals surface area contributed by atoms with Gasteiger partial charge < -0.3 is 15.1 Å². The van der Waals surface area contributed by atoms with Gasteiger partial charge in [0.25, 0.3) is 0 Å². The molecule has 3 rings (SSSR count). The topological polar surface area (TPSA) is 65.7 Å². The van der Waals surface area contributed by atoms with E-state index in [4.69, 9.17) is 4.42 Å². The number of guanidine groups is 1. The first kappa shape index (κ1) is 20.9. The summed E-state index contributed by atoms with van der Waals surface area (Å²) in [7, 11) is 4.04. The fourth-order valence-electron chi connectivity index (χ4n) is 3.73. The van der Waals surface area contributed by atoms with Gasteiger partial charge in [0.1, 0.15) is 5.76 Å². The zero-order valence-corrected chi connectivity index (χ0v) is 18.5. The zero-order chi connectivity index (χ0) is 20.1. The Labute approximate surface area is 172 Å². The Bertz CT molecular complexity index is 762. The third-order valence-electron chi connectivity index (χ3n) is 5.30. The van der Waals surface area contributed by atoms with Gasteiger partial charge in [0.05, 0.1) is 12.7 Å². The summed E-state index contributed by atoms with van der Waals surface area (Å²) in [6, 6.07) is 4.88. The lowest BCUT2D eigenvalue weighted by molar-refractivity contribution is 0.125. The van der Waals surface area contributed by atoms with E-state index in [1.54, 1.807) is 7.05 Å². The Morgan fingerprint density at radius 1 is 1.39 bits per heavy atom. The van der Waals surface area contributed by atoms with E-state index in [-0.39, 0.29) is 5.41 Å². The number of aliphatic imine (C=N–C) groups is 1. The van der Waals surface area contributed by atoms with Crippen molar-refractivity contribution in [1.82, 2.24) is 20.5 Å². The molecule has 0 aromatic carbocycles. The fraction of sp³-hybridized carbons (Fsp3) is 0.619. The van der Waals surface area contributed by atoms with Crippen LogP contribution in [0.1, 0.15) is 56.2 Å². The van der Waals surface area contributed by atoms with Gasteiger partial charge in [-0.3, -0.25) is 9.89 Å². The predicted octanol–water partition coefficient (Wildman–Crippen LogP) is 3.78. The predicted molar refractivity (Wildman–Crippen MR) is 116 cm³/mol. The molecule has 2 atom stereocenters. The number of thiophene rings is 1. The molecule has 154 valence electrons. The minimum absolute atomic E-state index is 0.0327. The molecular weight excluding hydrogens is 370 g/mol. The SMILES string of the molecule is CN=C(NCc1ncc(C(C)(C)C)o1)NCC1CCCN(C)C1c1cccs1. The highest BCUT2D eigenvalue weighted by atomic mass is 32.1. The van der Waals surface area contributed by atoms with Gasteiger partial charge in [-0.25, -0.2) is 4.98 Å². The van der Waals surface area contributed by atoms with Crippen molar-refractivity contribution in [1.29, 1.82) is 0 Å². The van der Waals surface area contributed by atoms with Crippen molar-refractivity contribution >= 4 is 17.3 Å². The van der Waals surface area contributed by atoms with Crippen molar-refractivity contribution in [3.8, 4) is 0 Å². The number of piperidine rings is 1. The molecule has 0 aliphatic carbocycles. The molecule has 0 amide bonds. The summed E-state index contributed by atoms with van der Waals surface area (Å²) in [6.07, 6.45) is 4.28.